The Labute approximate surface area is 66.4 Å². The highest BCUT2D eigenvalue weighted by atomic mass is 35.5. The first-order valence-corrected chi connectivity index (χ1v) is 2.83. The molecule has 0 aromatic rings. The number of nitrogens with zero attached hydrogens (tertiary/aromatic N) is 1. The maximum atomic E-state index is 10.2. The summed E-state index contributed by atoms with van der Waals surface area (Å²) in [6.45, 7) is 3.90. The fourth-order valence-corrected chi connectivity index (χ4v) is 0.416. The lowest BCUT2D eigenvalue weighted by Gasteiger charge is -2.17. The Balaban J connectivity index is 0. The van der Waals surface area contributed by atoms with Crippen LogP contribution in [-0.4, -0.2) is 28.7 Å². The summed E-state index contributed by atoms with van der Waals surface area (Å²) in [7, 11) is 0. The van der Waals surface area contributed by atoms with Gasteiger partial charge in [0.15, 0.2) is 0 Å². The third-order valence-electron chi connectivity index (χ3n) is 1.22. The molecule has 4 nitrogen and oxygen atoms in total. The zero-order chi connectivity index (χ0) is 7.44. The van der Waals surface area contributed by atoms with Crippen LogP contribution in [0.25, 0.3) is 0 Å². The number of halogens is 1. The van der Waals surface area contributed by atoms with Crippen LogP contribution in [0.5, 0.6) is 0 Å². The molecule has 5 heteroatoms. The Hall–Kier alpha value is -0.320. The smallest absolute Gasteiger partial charge is 0.322 e. The van der Waals surface area contributed by atoms with Crippen molar-refractivity contribution in [3.05, 3.63) is 0 Å². The minimum atomic E-state index is -0.889. The van der Waals surface area contributed by atoms with Gasteiger partial charge < -0.3 is 5.11 Å². The summed E-state index contributed by atoms with van der Waals surface area (Å²) >= 11 is 0. The van der Waals surface area contributed by atoms with Crippen LogP contribution in [0, 0.1) is 0 Å². The van der Waals surface area contributed by atoms with Gasteiger partial charge in [-0.3, -0.25) is 10.6 Å². The summed E-state index contributed by atoms with van der Waals surface area (Å²) in [4.78, 5) is 10.2. The summed E-state index contributed by atoms with van der Waals surface area (Å²) in [5, 5.41) is 9.63. The number of hydrogen-bond donors (Lipinski definition) is 2. The van der Waals surface area contributed by atoms with Crippen molar-refractivity contribution in [2.45, 2.75) is 19.9 Å². The molecule has 0 amide bonds. The van der Waals surface area contributed by atoms with E-state index >= 15 is 0 Å². The van der Waals surface area contributed by atoms with Crippen LogP contribution in [0.3, 0.4) is 0 Å². The van der Waals surface area contributed by atoms with Crippen LogP contribution >= 0.6 is 12.4 Å². The van der Waals surface area contributed by atoms with Crippen molar-refractivity contribution in [2.75, 3.05) is 6.54 Å². The summed E-state index contributed by atoms with van der Waals surface area (Å²) < 4.78 is 0. The molecule has 0 saturated carbocycles. The molecule has 0 aromatic heterocycles. The molecule has 0 aliphatic carbocycles. The second kappa shape index (κ2) is 5.46. The van der Waals surface area contributed by atoms with E-state index in [1.165, 1.54) is 5.01 Å². The maximum absolute atomic E-state index is 10.2. The minimum absolute atomic E-state index is 0. The Morgan fingerprint density at radius 1 is 1.80 bits per heavy atom. The molecule has 1 unspecified atom stereocenters. The predicted molar refractivity (Wildman–Crippen MR) is 40.9 cm³/mol. The van der Waals surface area contributed by atoms with Crippen molar-refractivity contribution in [3.63, 3.8) is 0 Å². The lowest BCUT2D eigenvalue weighted by atomic mass is 10.3. The van der Waals surface area contributed by atoms with Gasteiger partial charge in [0.25, 0.3) is 0 Å². The molecular formula is C5H13ClN2O2. The second-order valence-electron chi connectivity index (χ2n) is 1.84. The molecule has 10 heavy (non-hydrogen) atoms. The number of rotatable bonds is 3. The highest BCUT2D eigenvalue weighted by Crippen LogP contribution is 1.89. The first kappa shape index (κ1) is 12.4. The van der Waals surface area contributed by atoms with Gasteiger partial charge in [0.1, 0.15) is 6.04 Å². The number of hydrogen-bond acceptors (Lipinski definition) is 3. The Kier molecular flexibility index (Phi) is 6.76. The molecular weight excluding hydrogens is 156 g/mol. The first-order valence-electron chi connectivity index (χ1n) is 2.83. The van der Waals surface area contributed by atoms with E-state index in [9.17, 15) is 4.79 Å². The number of aliphatic carboxylic acids is 1. The summed E-state index contributed by atoms with van der Waals surface area (Å²) in [6, 6.07) is -0.588. The van der Waals surface area contributed by atoms with E-state index in [0.717, 1.165) is 0 Å². The molecule has 0 rings (SSSR count). The summed E-state index contributed by atoms with van der Waals surface area (Å²) in [5.74, 6) is 4.38. The molecule has 3 N–H and O–H groups in total. The van der Waals surface area contributed by atoms with Crippen molar-refractivity contribution in [3.8, 4) is 0 Å². The maximum Gasteiger partial charge on any atom is 0.322 e. The van der Waals surface area contributed by atoms with E-state index in [-0.39, 0.29) is 12.4 Å². The number of nitrogens with two attached hydrogens (primary N) is 1. The number of carboxylic acid groups (broad SMARTS) is 1. The van der Waals surface area contributed by atoms with Gasteiger partial charge in [-0.05, 0) is 6.92 Å². The molecule has 0 heterocycles. The van der Waals surface area contributed by atoms with Crippen LogP contribution in [0.4, 0.5) is 0 Å². The van der Waals surface area contributed by atoms with Gasteiger partial charge >= 0.3 is 5.97 Å². The molecule has 0 spiro atoms. The Morgan fingerprint density at radius 3 is 2.30 bits per heavy atom. The van der Waals surface area contributed by atoms with E-state index in [2.05, 4.69) is 0 Å². The van der Waals surface area contributed by atoms with Crippen LogP contribution in [0.2, 0.25) is 0 Å². The lowest BCUT2D eigenvalue weighted by Crippen LogP contribution is -2.43. The van der Waals surface area contributed by atoms with Gasteiger partial charge in [-0.1, -0.05) is 6.92 Å². The van der Waals surface area contributed by atoms with E-state index in [1.807, 2.05) is 0 Å². The molecule has 0 aromatic carbocycles. The van der Waals surface area contributed by atoms with Gasteiger partial charge in [0.2, 0.25) is 0 Å². The lowest BCUT2D eigenvalue weighted by molar-refractivity contribution is -0.142. The monoisotopic (exact) mass is 168 g/mol. The Morgan fingerprint density at radius 2 is 2.20 bits per heavy atom. The summed E-state index contributed by atoms with van der Waals surface area (Å²) in [5.41, 5.74) is 0. The van der Waals surface area contributed by atoms with E-state index in [1.54, 1.807) is 13.8 Å². The van der Waals surface area contributed by atoms with E-state index < -0.39 is 12.0 Å². The third kappa shape index (κ3) is 3.66. The normalized spacial score (nSPS) is 12.4. The topological polar surface area (TPSA) is 66.6 Å². The van der Waals surface area contributed by atoms with Gasteiger partial charge in [-0.2, -0.15) is 0 Å². The molecule has 0 radical (unpaired) electrons. The molecule has 0 aliphatic rings. The third-order valence-corrected chi connectivity index (χ3v) is 1.22. The number of hydrazine groups is 1. The molecule has 0 aliphatic heterocycles. The molecule has 0 saturated heterocycles. The Bertz CT molecular complexity index is 110. The van der Waals surface area contributed by atoms with Gasteiger partial charge in [0, 0.05) is 6.54 Å². The van der Waals surface area contributed by atoms with Crippen molar-refractivity contribution >= 4 is 18.4 Å². The van der Waals surface area contributed by atoms with Crippen LogP contribution in [0.1, 0.15) is 13.8 Å². The number of carboxylic acids is 1. The standard InChI is InChI=1S/C5H12N2O2.ClH/c1-3-7(6)4(2)5(8)9;/h4H,3,6H2,1-2H3,(H,8,9);1H. The molecule has 1 atom stereocenters. The average Bonchev–Trinajstić information content (AvgIpc) is 1.84. The molecule has 0 bridgehead atoms. The molecule has 0 fully saturated rings. The van der Waals surface area contributed by atoms with Gasteiger partial charge in [-0.15, -0.1) is 12.4 Å². The van der Waals surface area contributed by atoms with Crippen LogP contribution < -0.4 is 5.84 Å². The molecule has 62 valence electrons. The van der Waals surface area contributed by atoms with Crippen molar-refractivity contribution in [2.24, 2.45) is 5.84 Å². The van der Waals surface area contributed by atoms with Crippen LogP contribution in [-0.2, 0) is 4.79 Å². The van der Waals surface area contributed by atoms with Crippen molar-refractivity contribution in [1.29, 1.82) is 0 Å². The SMILES string of the molecule is CCN(N)C(C)C(=O)O.Cl. The predicted octanol–water partition coefficient (Wildman–Crippen LogP) is 0.0769. The zero-order valence-electron chi connectivity index (χ0n) is 6.07. The largest absolute Gasteiger partial charge is 0.480 e. The fourth-order valence-electron chi connectivity index (χ4n) is 0.416. The highest BCUT2D eigenvalue weighted by molar-refractivity contribution is 5.85. The van der Waals surface area contributed by atoms with Crippen molar-refractivity contribution in [1.82, 2.24) is 5.01 Å². The quantitative estimate of drug-likeness (QED) is 0.463. The van der Waals surface area contributed by atoms with E-state index in [4.69, 9.17) is 10.9 Å². The first-order chi connectivity index (χ1) is 4.09. The van der Waals surface area contributed by atoms with Crippen molar-refractivity contribution < 1.29 is 9.90 Å². The zero-order valence-corrected chi connectivity index (χ0v) is 6.89. The minimum Gasteiger partial charge on any atom is -0.480 e. The number of carbonyl (C=O) groups is 1. The second-order valence-corrected chi connectivity index (χ2v) is 1.84. The number of likely N-dealkylation sites (N-methyl/N-ethyl adjacent to an activating group) is 1. The highest BCUT2D eigenvalue weighted by Gasteiger charge is 2.14. The van der Waals surface area contributed by atoms with Gasteiger partial charge in [0.05, 0.1) is 0 Å². The average molecular weight is 169 g/mol. The summed E-state index contributed by atoms with van der Waals surface area (Å²) in [6.07, 6.45) is 0. The van der Waals surface area contributed by atoms with E-state index in [0.29, 0.717) is 6.54 Å². The fraction of sp³-hybridized carbons (Fsp3) is 0.800. The van der Waals surface area contributed by atoms with Gasteiger partial charge in [-0.25, -0.2) is 5.01 Å². The van der Waals surface area contributed by atoms with Crippen LogP contribution in [0.15, 0.2) is 0 Å².